The van der Waals surface area contributed by atoms with Gasteiger partial charge >= 0.3 is 0 Å². The number of benzene rings is 1. The van der Waals surface area contributed by atoms with E-state index in [0.29, 0.717) is 29.0 Å². The van der Waals surface area contributed by atoms with Crippen LogP contribution in [0, 0.1) is 13.8 Å². The van der Waals surface area contributed by atoms with E-state index in [9.17, 15) is 14.4 Å². The maximum absolute atomic E-state index is 12.3. The highest BCUT2D eigenvalue weighted by Gasteiger charge is 2.21. The van der Waals surface area contributed by atoms with Crippen LogP contribution in [0.15, 0.2) is 24.3 Å². The van der Waals surface area contributed by atoms with E-state index in [1.54, 1.807) is 19.1 Å². The highest BCUT2D eigenvalue weighted by molar-refractivity contribution is 6.03. The topological polar surface area (TPSA) is 100 Å². The molecule has 0 saturated carbocycles. The van der Waals surface area contributed by atoms with Crippen LogP contribution in [-0.4, -0.2) is 29.2 Å². The van der Waals surface area contributed by atoms with E-state index in [4.69, 9.17) is 4.74 Å². The summed E-state index contributed by atoms with van der Waals surface area (Å²) in [7, 11) is 0. The Kier molecular flexibility index (Phi) is 6.16. The first-order chi connectivity index (χ1) is 12.3. The Morgan fingerprint density at radius 2 is 1.73 bits per heavy atom. The van der Waals surface area contributed by atoms with Gasteiger partial charge in [0.15, 0.2) is 12.4 Å². The molecule has 7 heteroatoms. The van der Waals surface area contributed by atoms with Gasteiger partial charge in [-0.05, 0) is 44.9 Å². The second-order valence-electron chi connectivity index (χ2n) is 5.99. The third-order valence-electron chi connectivity index (χ3n) is 3.93. The van der Waals surface area contributed by atoms with Gasteiger partial charge in [0.1, 0.15) is 11.4 Å². The first-order valence-corrected chi connectivity index (χ1v) is 8.34. The number of H-pyrrole nitrogens is 1. The van der Waals surface area contributed by atoms with Crippen LogP contribution in [0.1, 0.15) is 51.5 Å². The highest BCUT2D eigenvalue weighted by Crippen LogP contribution is 2.20. The molecule has 138 valence electrons. The third kappa shape index (κ3) is 4.50. The average Bonchev–Trinajstić information content (AvgIpc) is 2.95. The zero-order chi connectivity index (χ0) is 19.3. The molecular formula is C19H23N3O4. The number of hydrazine groups is 1. The number of rotatable bonds is 6. The zero-order valence-electron chi connectivity index (χ0n) is 15.4. The Bertz CT molecular complexity index is 822. The molecule has 2 rings (SSSR count). The fourth-order valence-electron chi connectivity index (χ4n) is 2.71. The molecular weight excluding hydrogens is 334 g/mol. The molecule has 0 radical (unpaired) electrons. The second-order valence-corrected chi connectivity index (χ2v) is 5.99. The van der Waals surface area contributed by atoms with Crippen LogP contribution < -0.4 is 15.6 Å². The predicted molar refractivity (Wildman–Crippen MR) is 97.2 cm³/mol. The lowest BCUT2D eigenvalue weighted by Gasteiger charge is -2.09. The lowest BCUT2D eigenvalue weighted by molar-refractivity contribution is -0.123. The quantitative estimate of drug-likeness (QED) is 0.545. The molecule has 0 aliphatic carbocycles. The summed E-state index contributed by atoms with van der Waals surface area (Å²) < 4.78 is 5.34. The van der Waals surface area contributed by atoms with Crippen LogP contribution in [0.5, 0.6) is 5.75 Å². The van der Waals surface area contributed by atoms with E-state index >= 15 is 0 Å². The summed E-state index contributed by atoms with van der Waals surface area (Å²) in [5.41, 5.74) is 7.79. The molecule has 3 N–H and O–H groups in total. The van der Waals surface area contributed by atoms with Gasteiger partial charge in [0, 0.05) is 11.3 Å². The number of carbonyl (C=O) groups is 3. The van der Waals surface area contributed by atoms with Crippen LogP contribution in [0.4, 0.5) is 0 Å². The van der Waals surface area contributed by atoms with Gasteiger partial charge in [-0.15, -0.1) is 0 Å². The van der Waals surface area contributed by atoms with Crippen molar-refractivity contribution in [3.63, 3.8) is 0 Å². The van der Waals surface area contributed by atoms with Gasteiger partial charge in [-0.1, -0.05) is 24.6 Å². The van der Waals surface area contributed by atoms with Crippen molar-refractivity contribution in [3.05, 3.63) is 52.3 Å². The fraction of sp³-hybridized carbons (Fsp3) is 0.316. The predicted octanol–water partition coefficient (Wildman–Crippen LogP) is 2.24. The van der Waals surface area contributed by atoms with Gasteiger partial charge in [0.05, 0.1) is 0 Å². The van der Waals surface area contributed by atoms with E-state index in [1.807, 2.05) is 26.0 Å². The molecule has 0 aliphatic heterocycles. The van der Waals surface area contributed by atoms with E-state index < -0.39 is 11.8 Å². The van der Waals surface area contributed by atoms with Crippen LogP contribution in [0.3, 0.4) is 0 Å². The highest BCUT2D eigenvalue weighted by atomic mass is 16.5. The molecule has 26 heavy (non-hydrogen) atoms. The second kappa shape index (κ2) is 8.33. The molecule has 1 heterocycles. The molecule has 7 nitrogen and oxygen atoms in total. The number of aromatic amines is 1. The minimum atomic E-state index is -0.513. The molecule has 0 fully saturated rings. The molecule has 0 bridgehead atoms. The minimum Gasteiger partial charge on any atom is -0.484 e. The van der Waals surface area contributed by atoms with E-state index in [-0.39, 0.29) is 18.1 Å². The fourth-order valence-corrected chi connectivity index (χ4v) is 2.71. The van der Waals surface area contributed by atoms with Crippen LogP contribution in [-0.2, 0) is 11.2 Å². The van der Waals surface area contributed by atoms with Gasteiger partial charge in [0.25, 0.3) is 11.8 Å². The van der Waals surface area contributed by atoms with Gasteiger partial charge < -0.3 is 9.72 Å². The first kappa shape index (κ1) is 19.2. The summed E-state index contributed by atoms with van der Waals surface area (Å²) in [6.07, 6.45) is 0.520. The van der Waals surface area contributed by atoms with Crippen molar-refractivity contribution in [1.82, 2.24) is 15.8 Å². The summed E-state index contributed by atoms with van der Waals surface area (Å²) in [6.45, 7) is 6.78. The van der Waals surface area contributed by atoms with Crippen molar-refractivity contribution in [3.8, 4) is 5.75 Å². The zero-order valence-corrected chi connectivity index (χ0v) is 15.4. The summed E-state index contributed by atoms with van der Waals surface area (Å²) >= 11 is 0. The van der Waals surface area contributed by atoms with E-state index in [2.05, 4.69) is 15.8 Å². The largest absolute Gasteiger partial charge is 0.484 e. The number of ether oxygens (including phenoxy) is 1. The lowest BCUT2D eigenvalue weighted by Crippen LogP contribution is -2.44. The maximum atomic E-state index is 12.3. The molecule has 1 aromatic heterocycles. The van der Waals surface area contributed by atoms with Crippen molar-refractivity contribution in [2.45, 2.75) is 34.1 Å². The van der Waals surface area contributed by atoms with Crippen molar-refractivity contribution in [2.75, 3.05) is 6.61 Å². The number of aryl methyl sites for hydroxylation is 2. The summed E-state index contributed by atoms with van der Waals surface area (Å²) in [5.74, 6) is -0.546. The first-order valence-electron chi connectivity index (χ1n) is 8.34. The van der Waals surface area contributed by atoms with Gasteiger partial charge in [-0.2, -0.15) is 0 Å². The molecule has 2 aromatic rings. The summed E-state index contributed by atoms with van der Waals surface area (Å²) in [5, 5.41) is 0. The maximum Gasteiger partial charge on any atom is 0.286 e. The molecule has 0 atom stereocenters. The standard InChI is InChI=1S/C19H23N3O4/c1-5-15-17(13(4)23)12(3)20-18(15)19(25)22-21-16(24)10-26-14-8-6-11(2)7-9-14/h6-9,20H,5,10H2,1-4H3,(H,21,24)(H,22,25). The number of aromatic nitrogens is 1. The van der Waals surface area contributed by atoms with Crippen LogP contribution >= 0.6 is 0 Å². The third-order valence-corrected chi connectivity index (χ3v) is 3.93. The molecule has 0 saturated heterocycles. The van der Waals surface area contributed by atoms with Gasteiger partial charge in [-0.3, -0.25) is 25.2 Å². The Morgan fingerprint density at radius 3 is 2.31 bits per heavy atom. The van der Waals surface area contributed by atoms with E-state index in [1.165, 1.54) is 6.92 Å². The summed E-state index contributed by atoms with van der Waals surface area (Å²) in [6, 6.07) is 7.28. The molecule has 2 amide bonds. The Balaban J connectivity index is 1.94. The number of ketones is 1. The Labute approximate surface area is 152 Å². The number of amides is 2. The van der Waals surface area contributed by atoms with Gasteiger partial charge in [0.2, 0.25) is 0 Å². The van der Waals surface area contributed by atoms with E-state index in [0.717, 1.165) is 5.56 Å². The molecule has 0 unspecified atom stereocenters. The smallest absolute Gasteiger partial charge is 0.286 e. The minimum absolute atomic E-state index is 0.106. The number of nitrogens with one attached hydrogen (secondary N) is 3. The number of hydrogen-bond acceptors (Lipinski definition) is 4. The monoisotopic (exact) mass is 357 g/mol. The molecule has 0 spiro atoms. The number of Topliss-reactive ketones (excluding diaryl/α,β-unsaturated/α-hetero) is 1. The van der Waals surface area contributed by atoms with Crippen molar-refractivity contribution >= 4 is 17.6 Å². The lowest BCUT2D eigenvalue weighted by atomic mass is 10.0. The van der Waals surface area contributed by atoms with Crippen LogP contribution in [0.2, 0.25) is 0 Å². The SMILES string of the molecule is CCc1c(C(=O)NNC(=O)COc2ccc(C)cc2)[nH]c(C)c1C(C)=O. The van der Waals surface area contributed by atoms with Crippen molar-refractivity contribution < 1.29 is 19.1 Å². The van der Waals surface area contributed by atoms with Gasteiger partial charge in [-0.25, -0.2) is 0 Å². The Hall–Kier alpha value is -3.09. The van der Waals surface area contributed by atoms with Crippen LogP contribution in [0.25, 0.3) is 0 Å². The number of hydrogen-bond donors (Lipinski definition) is 3. The molecule has 0 aliphatic rings. The summed E-state index contributed by atoms with van der Waals surface area (Å²) in [4.78, 5) is 38.8. The average molecular weight is 357 g/mol. The van der Waals surface area contributed by atoms with Crippen molar-refractivity contribution in [2.24, 2.45) is 0 Å². The normalized spacial score (nSPS) is 10.3. The van der Waals surface area contributed by atoms with Crippen molar-refractivity contribution in [1.29, 1.82) is 0 Å². The Morgan fingerprint density at radius 1 is 1.08 bits per heavy atom. The number of carbonyl (C=O) groups excluding carboxylic acids is 3. The molecule has 1 aromatic carbocycles.